The van der Waals surface area contributed by atoms with Crippen LogP contribution in [0.4, 0.5) is 0 Å². The maximum Gasteiger partial charge on any atom is 0.0664 e. The Bertz CT molecular complexity index is 260. The lowest BCUT2D eigenvalue weighted by atomic mass is 10.2. The third-order valence-electron chi connectivity index (χ3n) is 2.25. The predicted octanol–water partition coefficient (Wildman–Crippen LogP) is 0.969. The molecule has 3 N–H and O–H groups in total. The number of aromatic nitrogens is 2. The summed E-state index contributed by atoms with van der Waals surface area (Å²) in [6.45, 7) is 5.48. The van der Waals surface area contributed by atoms with Crippen LogP contribution in [0.3, 0.4) is 0 Å². The third kappa shape index (κ3) is 3.47. The van der Waals surface area contributed by atoms with Crippen LogP contribution in [0.25, 0.3) is 0 Å². The first kappa shape index (κ1) is 11.2. The summed E-state index contributed by atoms with van der Waals surface area (Å²) >= 11 is 0. The second-order valence-electron chi connectivity index (χ2n) is 3.59. The van der Waals surface area contributed by atoms with Crippen LogP contribution in [0.2, 0.25) is 0 Å². The van der Waals surface area contributed by atoms with Crippen LogP contribution in [0.15, 0.2) is 6.20 Å². The van der Waals surface area contributed by atoms with Gasteiger partial charge in [0.05, 0.1) is 12.3 Å². The molecule has 1 rings (SSSR count). The third-order valence-corrected chi connectivity index (χ3v) is 2.25. The lowest BCUT2D eigenvalue weighted by Crippen LogP contribution is -2.26. The van der Waals surface area contributed by atoms with Crippen molar-refractivity contribution in [1.82, 2.24) is 15.5 Å². The van der Waals surface area contributed by atoms with E-state index in [1.54, 1.807) is 0 Å². The molecule has 4 nitrogen and oxygen atoms in total. The summed E-state index contributed by atoms with van der Waals surface area (Å²) < 4.78 is 0. The number of nitrogens with one attached hydrogen (secondary N) is 2. The van der Waals surface area contributed by atoms with Gasteiger partial charge in [-0.1, -0.05) is 13.3 Å². The fourth-order valence-electron chi connectivity index (χ4n) is 1.36. The van der Waals surface area contributed by atoms with E-state index >= 15 is 0 Å². The van der Waals surface area contributed by atoms with Gasteiger partial charge < -0.3 is 10.4 Å². The number of rotatable bonds is 6. The molecule has 0 aliphatic carbocycles. The molecule has 1 heterocycles. The van der Waals surface area contributed by atoms with Crippen LogP contribution in [0.1, 0.15) is 31.0 Å². The molecule has 0 fully saturated rings. The number of hydrogen-bond donors (Lipinski definition) is 3. The van der Waals surface area contributed by atoms with Crippen molar-refractivity contribution in [3.63, 3.8) is 0 Å². The zero-order valence-electron chi connectivity index (χ0n) is 8.88. The highest BCUT2D eigenvalue weighted by Gasteiger charge is 2.03. The minimum absolute atomic E-state index is 0.229. The number of hydrogen-bond acceptors (Lipinski definition) is 3. The Labute approximate surface area is 84.7 Å². The standard InChI is InChI=1S/C10H19N3O/c1-3-4-10(14)7-11-5-9-6-12-13-8(9)2/h6,10-11,14H,3-5,7H2,1-2H3,(H,12,13). The van der Waals surface area contributed by atoms with Crippen LogP contribution < -0.4 is 5.32 Å². The maximum atomic E-state index is 9.46. The Morgan fingerprint density at radius 3 is 3.00 bits per heavy atom. The number of aromatic amines is 1. The molecular weight excluding hydrogens is 178 g/mol. The van der Waals surface area contributed by atoms with Crippen molar-refractivity contribution < 1.29 is 5.11 Å². The van der Waals surface area contributed by atoms with Crippen LogP contribution >= 0.6 is 0 Å². The molecular formula is C10H19N3O. The van der Waals surface area contributed by atoms with Crippen molar-refractivity contribution in [1.29, 1.82) is 0 Å². The summed E-state index contributed by atoms with van der Waals surface area (Å²) in [5, 5.41) is 19.5. The number of aryl methyl sites for hydroxylation is 1. The van der Waals surface area contributed by atoms with E-state index in [1.165, 1.54) is 0 Å². The summed E-state index contributed by atoms with van der Waals surface area (Å²) in [4.78, 5) is 0. The van der Waals surface area contributed by atoms with Gasteiger partial charge >= 0.3 is 0 Å². The van der Waals surface area contributed by atoms with E-state index in [9.17, 15) is 5.11 Å². The molecule has 1 aromatic heterocycles. The Morgan fingerprint density at radius 1 is 1.64 bits per heavy atom. The molecule has 0 saturated heterocycles. The normalized spacial score (nSPS) is 13.1. The van der Waals surface area contributed by atoms with Crippen LogP contribution in [-0.4, -0.2) is 28.0 Å². The molecule has 0 aliphatic heterocycles. The monoisotopic (exact) mass is 197 g/mol. The molecule has 14 heavy (non-hydrogen) atoms. The van der Waals surface area contributed by atoms with Gasteiger partial charge in [0.15, 0.2) is 0 Å². The molecule has 0 aromatic carbocycles. The minimum atomic E-state index is -0.229. The topological polar surface area (TPSA) is 60.9 Å². The molecule has 0 radical (unpaired) electrons. The van der Waals surface area contributed by atoms with Gasteiger partial charge in [-0.15, -0.1) is 0 Å². The summed E-state index contributed by atoms with van der Waals surface area (Å²) in [6, 6.07) is 0. The second kappa shape index (κ2) is 5.78. The smallest absolute Gasteiger partial charge is 0.0664 e. The Morgan fingerprint density at radius 2 is 2.43 bits per heavy atom. The van der Waals surface area contributed by atoms with E-state index in [-0.39, 0.29) is 6.10 Å². The van der Waals surface area contributed by atoms with Gasteiger partial charge in [0.1, 0.15) is 0 Å². The van der Waals surface area contributed by atoms with Crippen LogP contribution in [0, 0.1) is 6.92 Å². The van der Waals surface area contributed by atoms with E-state index < -0.39 is 0 Å². The van der Waals surface area contributed by atoms with Gasteiger partial charge in [0.25, 0.3) is 0 Å². The number of nitrogens with zero attached hydrogens (tertiary/aromatic N) is 1. The van der Waals surface area contributed by atoms with Crippen molar-refractivity contribution in [3.05, 3.63) is 17.5 Å². The zero-order chi connectivity index (χ0) is 10.4. The molecule has 1 unspecified atom stereocenters. The van der Waals surface area contributed by atoms with Crippen LogP contribution in [-0.2, 0) is 6.54 Å². The quantitative estimate of drug-likeness (QED) is 0.637. The highest BCUT2D eigenvalue weighted by molar-refractivity contribution is 5.13. The largest absolute Gasteiger partial charge is 0.392 e. The predicted molar refractivity (Wildman–Crippen MR) is 55.9 cm³/mol. The molecule has 0 saturated carbocycles. The molecule has 0 spiro atoms. The summed E-state index contributed by atoms with van der Waals surface area (Å²) in [5.41, 5.74) is 2.25. The van der Waals surface area contributed by atoms with Crippen molar-refractivity contribution >= 4 is 0 Å². The first-order valence-electron chi connectivity index (χ1n) is 5.11. The van der Waals surface area contributed by atoms with Crippen molar-refractivity contribution in [2.45, 2.75) is 39.3 Å². The van der Waals surface area contributed by atoms with Crippen LogP contribution in [0.5, 0.6) is 0 Å². The average molecular weight is 197 g/mol. The summed E-state index contributed by atoms with van der Waals surface area (Å²) in [6.07, 6.45) is 3.46. The molecule has 4 heteroatoms. The fraction of sp³-hybridized carbons (Fsp3) is 0.700. The lowest BCUT2D eigenvalue weighted by Gasteiger charge is -2.09. The fourth-order valence-corrected chi connectivity index (χ4v) is 1.36. The average Bonchev–Trinajstić information content (AvgIpc) is 2.52. The number of aliphatic hydroxyl groups excluding tert-OH is 1. The molecule has 0 aliphatic rings. The Balaban J connectivity index is 2.19. The van der Waals surface area contributed by atoms with Gasteiger partial charge in [0.2, 0.25) is 0 Å². The van der Waals surface area contributed by atoms with Crippen molar-refractivity contribution in [2.75, 3.05) is 6.54 Å². The molecule has 1 aromatic rings. The summed E-state index contributed by atoms with van der Waals surface area (Å²) in [5.74, 6) is 0. The molecule has 0 bridgehead atoms. The zero-order valence-corrected chi connectivity index (χ0v) is 8.88. The molecule has 1 atom stereocenters. The van der Waals surface area contributed by atoms with Gasteiger partial charge in [-0.25, -0.2) is 0 Å². The van der Waals surface area contributed by atoms with E-state index in [0.29, 0.717) is 6.54 Å². The Kier molecular flexibility index (Phi) is 4.62. The van der Waals surface area contributed by atoms with Crippen molar-refractivity contribution in [2.24, 2.45) is 0 Å². The van der Waals surface area contributed by atoms with E-state index in [4.69, 9.17) is 0 Å². The van der Waals surface area contributed by atoms with Gasteiger partial charge in [-0.3, -0.25) is 5.10 Å². The summed E-state index contributed by atoms with van der Waals surface area (Å²) in [7, 11) is 0. The van der Waals surface area contributed by atoms with Gasteiger partial charge in [-0.2, -0.15) is 5.10 Å². The SMILES string of the molecule is CCCC(O)CNCc1cn[nH]c1C. The van der Waals surface area contributed by atoms with E-state index in [2.05, 4.69) is 22.4 Å². The number of H-pyrrole nitrogens is 1. The van der Waals surface area contributed by atoms with E-state index in [0.717, 1.165) is 30.6 Å². The first-order chi connectivity index (χ1) is 6.74. The maximum absolute atomic E-state index is 9.46. The first-order valence-corrected chi connectivity index (χ1v) is 5.11. The van der Waals surface area contributed by atoms with Gasteiger partial charge in [-0.05, 0) is 13.3 Å². The molecule has 0 amide bonds. The highest BCUT2D eigenvalue weighted by Crippen LogP contribution is 2.01. The lowest BCUT2D eigenvalue weighted by molar-refractivity contribution is 0.160. The Hall–Kier alpha value is -0.870. The van der Waals surface area contributed by atoms with Crippen molar-refractivity contribution in [3.8, 4) is 0 Å². The second-order valence-corrected chi connectivity index (χ2v) is 3.59. The van der Waals surface area contributed by atoms with E-state index in [1.807, 2.05) is 13.1 Å². The van der Waals surface area contributed by atoms with Gasteiger partial charge in [0, 0.05) is 24.3 Å². The number of aliphatic hydroxyl groups is 1. The molecule has 80 valence electrons. The highest BCUT2D eigenvalue weighted by atomic mass is 16.3. The minimum Gasteiger partial charge on any atom is -0.392 e.